The van der Waals surface area contributed by atoms with E-state index in [1.807, 2.05) is 24.3 Å². The molecule has 1 amide bonds. The number of amides is 1. The van der Waals surface area contributed by atoms with E-state index in [1.54, 1.807) is 37.3 Å². The monoisotopic (exact) mass is 473 g/mol. The first-order chi connectivity index (χ1) is 16.3. The van der Waals surface area contributed by atoms with Crippen LogP contribution in [0.1, 0.15) is 39.4 Å². The standard InChI is InChI=1S/C25H20ClN5O3/c1-13-2-3-15(8-17(13)23(32)33)20-11-25(20)19-9-18(21(26)10-22(19)29-24(25)34)14-4-6-16(7-5-14)31(12-27)30-28/h2-10,12,20,27-28H,11H2,1H3,(H,29,34)(H,32,33). The Balaban J connectivity index is 1.54. The van der Waals surface area contributed by atoms with Crippen molar-refractivity contribution in [3.05, 3.63) is 81.9 Å². The molecule has 1 heterocycles. The van der Waals surface area contributed by atoms with E-state index < -0.39 is 11.4 Å². The molecular weight excluding hydrogens is 454 g/mol. The molecule has 2 unspecified atom stereocenters. The summed E-state index contributed by atoms with van der Waals surface area (Å²) in [5, 5.41) is 24.7. The predicted molar refractivity (Wildman–Crippen MR) is 129 cm³/mol. The number of aryl methyl sites for hydroxylation is 1. The number of rotatable bonds is 6. The highest BCUT2D eigenvalue weighted by Crippen LogP contribution is 2.65. The summed E-state index contributed by atoms with van der Waals surface area (Å²) in [5.74, 6) is -1.21. The lowest BCUT2D eigenvalue weighted by Crippen LogP contribution is -2.21. The van der Waals surface area contributed by atoms with Gasteiger partial charge in [0, 0.05) is 17.2 Å². The Bertz CT molecular complexity index is 1380. The Morgan fingerprint density at radius 3 is 2.62 bits per heavy atom. The summed E-state index contributed by atoms with van der Waals surface area (Å²) >= 11 is 6.58. The van der Waals surface area contributed by atoms with Crippen LogP contribution in [0.25, 0.3) is 11.1 Å². The van der Waals surface area contributed by atoms with Crippen molar-refractivity contribution in [1.29, 1.82) is 10.9 Å². The van der Waals surface area contributed by atoms with E-state index in [1.165, 1.54) is 0 Å². The molecule has 2 atom stereocenters. The van der Waals surface area contributed by atoms with Gasteiger partial charge in [0.15, 0.2) is 0 Å². The average molecular weight is 474 g/mol. The number of hydrogen-bond donors (Lipinski definition) is 4. The van der Waals surface area contributed by atoms with E-state index in [-0.39, 0.29) is 17.4 Å². The van der Waals surface area contributed by atoms with Gasteiger partial charge >= 0.3 is 5.97 Å². The molecule has 3 aromatic rings. The van der Waals surface area contributed by atoms with Crippen molar-refractivity contribution >= 4 is 41.2 Å². The van der Waals surface area contributed by atoms with Crippen molar-refractivity contribution in [3.63, 3.8) is 0 Å². The molecule has 9 heteroatoms. The van der Waals surface area contributed by atoms with Crippen molar-refractivity contribution in [2.24, 2.45) is 5.22 Å². The highest BCUT2D eigenvalue weighted by molar-refractivity contribution is 6.34. The highest BCUT2D eigenvalue weighted by Gasteiger charge is 2.65. The van der Waals surface area contributed by atoms with Gasteiger partial charge in [0.1, 0.15) is 6.34 Å². The van der Waals surface area contributed by atoms with Crippen molar-refractivity contribution in [2.75, 3.05) is 10.3 Å². The van der Waals surface area contributed by atoms with E-state index in [0.717, 1.165) is 33.6 Å². The number of aromatic carboxylic acids is 1. The number of nitrogens with zero attached hydrogens (tertiary/aromatic N) is 2. The van der Waals surface area contributed by atoms with Crippen LogP contribution in [0.2, 0.25) is 5.02 Å². The van der Waals surface area contributed by atoms with Crippen LogP contribution < -0.4 is 10.3 Å². The second-order valence-electron chi connectivity index (χ2n) is 8.56. The summed E-state index contributed by atoms with van der Waals surface area (Å²) in [6.45, 7) is 1.76. The highest BCUT2D eigenvalue weighted by atomic mass is 35.5. The average Bonchev–Trinajstić information content (AvgIpc) is 3.51. The third kappa shape index (κ3) is 3.18. The van der Waals surface area contributed by atoms with Crippen molar-refractivity contribution < 1.29 is 14.7 Å². The summed E-state index contributed by atoms with van der Waals surface area (Å²) in [7, 11) is 0. The molecule has 8 nitrogen and oxygen atoms in total. The zero-order chi connectivity index (χ0) is 24.2. The maximum Gasteiger partial charge on any atom is 0.335 e. The third-order valence-electron chi connectivity index (χ3n) is 6.77. The zero-order valence-electron chi connectivity index (χ0n) is 18.1. The van der Waals surface area contributed by atoms with Gasteiger partial charge in [-0.25, -0.2) is 9.80 Å². The topological polar surface area (TPSA) is 130 Å². The van der Waals surface area contributed by atoms with E-state index in [0.29, 0.717) is 28.4 Å². The molecule has 0 saturated heterocycles. The summed E-state index contributed by atoms with van der Waals surface area (Å²) < 4.78 is 0. The summed E-state index contributed by atoms with van der Waals surface area (Å²) in [5.41, 5.74) is 11.8. The molecule has 1 aliphatic carbocycles. The maximum absolute atomic E-state index is 13.1. The SMILES string of the molecule is Cc1ccc(C2CC23C(=O)Nc2cc(Cl)c(-c4ccc(N(C=N)N=N)cc4)cc23)cc1C(=O)O. The van der Waals surface area contributed by atoms with Gasteiger partial charge in [-0.3, -0.25) is 10.2 Å². The molecule has 1 aliphatic heterocycles. The molecule has 5 rings (SSSR count). The number of carboxylic acids is 1. The number of anilines is 2. The lowest BCUT2D eigenvalue weighted by atomic mass is 9.89. The van der Waals surface area contributed by atoms with Crippen molar-refractivity contribution in [2.45, 2.75) is 24.7 Å². The van der Waals surface area contributed by atoms with Crippen LogP contribution in [0, 0.1) is 17.9 Å². The number of carbonyl (C=O) groups excluding carboxylic acids is 1. The third-order valence-corrected chi connectivity index (χ3v) is 7.08. The minimum atomic E-state index is -0.984. The van der Waals surface area contributed by atoms with Crippen LogP contribution in [0.15, 0.2) is 59.8 Å². The first-order valence-corrected chi connectivity index (χ1v) is 10.9. The normalized spacial score (nSPS) is 19.9. The van der Waals surface area contributed by atoms with Gasteiger partial charge in [-0.2, -0.15) is 5.53 Å². The Labute approximate surface area is 200 Å². The van der Waals surface area contributed by atoms with Crippen LogP contribution in [-0.4, -0.2) is 23.3 Å². The largest absolute Gasteiger partial charge is 0.478 e. The Kier molecular flexibility index (Phi) is 4.98. The molecule has 4 N–H and O–H groups in total. The van der Waals surface area contributed by atoms with Gasteiger partial charge < -0.3 is 10.4 Å². The smallest absolute Gasteiger partial charge is 0.335 e. The number of hydrogen-bond acceptors (Lipinski definition) is 5. The summed E-state index contributed by atoms with van der Waals surface area (Å²) in [6, 6.07) is 16.2. The lowest BCUT2D eigenvalue weighted by molar-refractivity contribution is -0.118. The molecule has 0 aromatic heterocycles. The molecule has 2 aliphatic rings. The van der Waals surface area contributed by atoms with Crippen LogP contribution in [0.4, 0.5) is 11.4 Å². The molecule has 1 saturated carbocycles. The van der Waals surface area contributed by atoms with Gasteiger partial charge in [0.2, 0.25) is 5.91 Å². The molecular formula is C25H20ClN5O3. The van der Waals surface area contributed by atoms with Gasteiger partial charge in [-0.05, 0) is 65.9 Å². The van der Waals surface area contributed by atoms with Gasteiger partial charge in [-0.15, -0.1) is 0 Å². The van der Waals surface area contributed by atoms with Crippen molar-refractivity contribution in [3.8, 4) is 11.1 Å². The fraction of sp³-hybridized carbons (Fsp3) is 0.160. The molecule has 0 radical (unpaired) electrons. The van der Waals surface area contributed by atoms with E-state index in [2.05, 4.69) is 10.5 Å². The predicted octanol–water partition coefficient (Wildman–Crippen LogP) is 5.75. The fourth-order valence-electron chi connectivity index (χ4n) is 4.88. The summed E-state index contributed by atoms with van der Waals surface area (Å²) in [4.78, 5) is 24.7. The van der Waals surface area contributed by atoms with Crippen LogP contribution >= 0.6 is 11.6 Å². The molecule has 34 heavy (non-hydrogen) atoms. The number of halogens is 1. The minimum absolute atomic E-state index is 0.104. The van der Waals surface area contributed by atoms with Gasteiger partial charge in [-0.1, -0.05) is 41.1 Å². The number of carbonyl (C=O) groups is 2. The number of benzene rings is 3. The second-order valence-corrected chi connectivity index (χ2v) is 8.97. The zero-order valence-corrected chi connectivity index (χ0v) is 18.8. The maximum atomic E-state index is 13.1. The molecule has 1 spiro atoms. The number of fused-ring (bicyclic) bond motifs is 2. The number of carboxylic acid groups (broad SMARTS) is 1. The molecule has 3 aromatic carbocycles. The molecule has 170 valence electrons. The van der Waals surface area contributed by atoms with Crippen LogP contribution in [-0.2, 0) is 10.2 Å². The minimum Gasteiger partial charge on any atom is -0.478 e. The van der Waals surface area contributed by atoms with E-state index >= 15 is 0 Å². The van der Waals surface area contributed by atoms with E-state index in [9.17, 15) is 14.7 Å². The van der Waals surface area contributed by atoms with Gasteiger partial charge in [0.05, 0.1) is 21.7 Å². The van der Waals surface area contributed by atoms with Crippen LogP contribution in [0.5, 0.6) is 0 Å². The fourth-order valence-corrected chi connectivity index (χ4v) is 5.15. The summed E-state index contributed by atoms with van der Waals surface area (Å²) in [6.07, 6.45) is 1.53. The van der Waals surface area contributed by atoms with Crippen LogP contribution in [0.3, 0.4) is 0 Å². The quantitative estimate of drug-likeness (QED) is 0.157. The Morgan fingerprint density at radius 2 is 1.97 bits per heavy atom. The Hall–Kier alpha value is -4.04. The van der Waals surface area contributed by atoms with Crippen molar-refractivity contribution in [1.82, 2.24) is 0 Å². The number of nitrogens with one attached hydrogen (secondary N) is 3. The first kappa shape index (κ1) is 21.8. The van der Waals surface area contributed by atoms with E-state index in [4.69, 9.17) is 22.5 Å². The second kappa shape index (κ2) is 7.78. The lowest BCUT2D eigenvalue weighted by Gasteiger charge is -2.14. The molecule has 1 fully saturated rings. The first-order valence-electron chi connectivity index (χ1n) is 10.6. The van der Waals surface area contributed by atoms with Gasteiger partial charge in [0.25, 0.3) is 0 Å². The molecule has 0 bridgehead atoms. The Morgan fingerprint density at radius 1 is 1.24 bits per heavy atom.